The molecule has 0 radical (unpaired) electrons. The van der Waals surface area contributed by atoms with E-state index in [1.807, 2.05) is 35.7 Å². The molecule has 4 aromatic carbocycles. The van der Waals surface area contributed by atoms with Gasteiger partial charge in [0.1, 0.15) is 0 Å². The van der Waals surface area contributed by atoms with Crippen LogP contribution in [0.5, 0.6) is 0 Å². The summed E-state index contributed by atoms with van der Waals surface area (Å²) in [4.78, 5) is 14.3. The smallest absolute Gasteiger partial charge is 0.193 e. The van der Waals surface area contributed by atoms with Crippen LogP contribution in [0, 0.1) is 0 Å². The highest BCUT2D eigenvalue weighted by atomic mass is 32.1. The van der Waals surface area contributed by atoms with E-state index in [1.54, 1.807) is 11.3 Å². The second-order valence-corrected chi connectivity index (χ2v) is 10.8. The topological polar surface area (TPSA) is 17.1 Å². The Morgan fingerprint density at radius 1 is 0.611 bits per heavy atom. The zero-order chi connectivity index (χ0) is 24.4. The van der Waals surface area contributed by atoms with E-state index in [-0.39, 0.29) is 24.7 Å². The summed E-state index contributed by atoms with van der Waals surface area (Å²) in [5.41, 5.74) is 8.65. The fraction of sp³-hybridized carbons (Fsp3) is 0.121. The van der Waals surface area contributed by atoms with Crippen molar-refractivity contribution < 1.29 is 4.79 Å². The van der Waals surface area contributed by atoms with Crippen molar-refractivity contribution in [2.24, 2.45) is 0 Å². The average Bonchev–Trinajstić information content (AvgIpc) is 3.39. The number of carbonyl (C=O) groups is 1. The molecule has 5 rings (SSSR count). The van der Waals surface area contributed by atoms with E-state index in [0.717, 1.165) is 21.6 Å². The number of hydrogen-bond donors (Lipinski definition) is 0. The largest absolute Gasteiger partial charge is 0.289 e. The minimum atomic E-state index is 0. The van der Waals surface area contributed by atoms with E-state index in [9.17, 15) is 4.79 Å². The van der Waals surface area contributed by atoms with Crippen LogP contribution in [0.2, 0.25) is 0 Å². The summed E-state index contributed by atoms with van der Waals surface area (Å²) < 4.78 is 0. The highest BCUT2D eigenvalue weighted by molar-refractivity contribution is 7.59. The van der Waals surface area contributed by atoms with Crippen LogP contribution >= 0.6 is 24.8 Å². The predicted octanol–water partition coefficient (Wildman–Crippen LogP) is 9.39. The van der Waals surface area contributed by atoms with Gasteiger partial charge < -0.3 is 0 Å². The van der Waals surface area contributed by atoms with Crippen LogP contribution < -0.4 is 0 Å². The van der Waals surface area contributed by atoms with Gasteiger partial charge in [0, 0.05) is 21.4 Å². The molecule has 180 valence electrons. The zero-order valence-electron chi connectivity index (χ0n) is 20.8. The van der Waals surface area contributed by atoms with Crippen LogP contribution in [0.15, 0.2) is 115 Å². The molecule has 0 atom stereocenters. The van der Waals surface area contributed by atoms with Crippen molar-refractivity contribution in [3.05, 3.63) is 131 Å². The Labute approximate surface area is 224 Å². The fourth-order valence-electron chi connectivity index (χ4n) is 4.32. The Hall–Kier alpha value is -3.40. The fourth-order valence-corrected chi connectivity index (χ4v) is 5.21. The lowest BCUT2D eigenvalue weighted by Gasteiger charge is -2.18. The molecule has 0 saturated carbocycles. The van der Waals surface area contributed by atoms with Crippen LogP contribution in [0.3, 0.4) is 0 Å². The van der Waals surface area contributed by atoms with Gasteiger partial charge in [0.15, 0.2) is 5.78 Å². The summed E-state index contributed by atoms with van der Waals surface area (Å²) in [6.07, 6.45) is 0. The summed E-state index contributed by atoms with van der Waals surface area (Å²) in [6.45, 7) is 6.55. The normalized spacial score (nSPS) is 11.1. The van der Waals surface area contributed by atoms with Crippen molar-refractivity contribution in [3.63, 3.8) is 0 Å². The lowest BCUT2D eigenvalue weighted by Crippen LogP contribution is -2.11. The van der Waals surface area contributed by atoms with Crippen LogP contribution in [-0.4, -0.2) is 5.78 Å². The Morgan fingerprint density at radius 2 is 1.19 bits per heavy atom. The van der Waals surface area contributed by atoms with Crippen molar-refractivity contribution >= 4 is 30.6 Å². The van der Waals surface area contributed by atoms with Gasteiger partial charge in [-0.1, -0.05) is 118 Å². The molecule has 0 fully saturated rings. The van der Waals surface area contributed by atoms with E-state index >= 15 is 0 Å². The van der Waals surface area contributed by atoms with Crippen molar-refractivity contribution in [1.82, 2.24) is 0 Å². The molecule has 5 aromatic rings. The first-order chi connectivity index (χ1) is 16.9. The van der Waals surface area contributed by atoms with E-state index in [0.29, 0.717) is 0 Å². The van der Waals surface area contributed by atoms with Crippen LogP contribution in [-0.2, 0) is 5.41 Å². The Balaban J connectivity index is 0.00000304. The van der Waals surface area contributed by atoms with Gasteiger partial charge in [-0.15, -0.1) is 11.3 Å². The molecular weight excluding hydrogens is 476 g/mol. The SMILES string of the molecule is CC(C)(C)c1ccc(C(=O)c2csc(-c3ccc(-c4ccccc4)c(-c4ccccc4)c3)c2)cc1.S. The number of hydrogen-bond acceptors (Lipinski definition) is 2. The predicted molar refractivity (Wildman–Crippen MR) is 160 cm³/mol. The molecule has 1 aromatic heterocycles. The molecule has 0 saturated heterocycles. The number of thiophene rings is 1. The second kappa shape index (κ2) is 10.7. The molecule has 1 nitrogen and oxygen atoms in total. The maximum Gasteiger partial charge on any atom is 0.193 e. The highest BCUT2D eigenvalue weighted by Crippen LogP contribution is 2.37. The second-order valence-electron chi connectivity index (χ2n) is 9.85. The summed E-state index contributed by atoms with van der Waals surface area (Å²) in [5.74, 6) is 0.0668. The van der Waals surface area contributed by atoms with Crippen LogP contribution in [0.1, 0.15) is 42.3 Å². The summed E-state index contributed by atoms with van der Waals surface area (Å²) in [6, 6.07) is 37.6. The van der Waals surface area contributed by atoms with Gasteiger partial charge in [-0.3, -0.25) is 4.79 Å². The molecule has 0 N–H and O–H groups in total. The lowest BCUT2D eigenvalue weighted by atomic mass is 9.86. The Kier molecular flexibility index (Phi) is 7.63. The standard InChI is InChI=1S/C33H28OS.H2S/c1-33(2,3)28-17-14-25(15-18-28)32(34)27-21-31(35-22-27)26-16-19-29(23-10-6-4-7-11-23)30(20-26)24-12-8-5-9-13-24;/h4-22H,1-3H3;1H2. The van der Waals surface area contributed by atoms with Gasteiger partial charge in [0.05, 0.1) is 0 Å². The first-order valence-corrected chi connectivity index (χ1v) is 12.8. The zero-order valence-corrected chi connectivity index (χ0v) is 22.6. The van der Waals surface area contributed by atoms with Gasteiger partial charge in [0.25, 0.3) is 0 Å². The first kappa shape index (κ1) is 25.7. The molecular formula is C33H30OS2. The number of rotatable bonds is 5. The molecule has 1 heterocycles. The molecule has 0 spiro atoms. The molecule has 0 aliphatic carbocycles. The Bertz CT molecular complexity index is 1460. The van der Waals surface area contributed by atoms with E-state index in [1.165, 1.54) is 27.8 Å². The van der Waals surface area contributed by atoms with Crippen molar-refractivity contribution in [2.45, 2.75) is 26.2 Å². The van der Waals surface area contributed by atoms with Crippen molar-refractivity contribution in [2.75, 3.05) is 0 Å². The van der Waals surface area contributed by atoms with Gasteiger partial charge >= 0.3 is 0 Å². The molecule has 0 aliphatic rings. The average molecular weight is 507 g/mol. The third-order valence-corrected chi connectivity index (χ3v) is 7.33. The van der Waals surface area contributed by atoms with Gasteiger partial charge in [-0.05, 0) is 50.9 Å². The maximum atomic E-state index is 13.2. The number of benzene rings is 4. The van der Waals surface area contributed by atoms with Gasteiger partial charge in [-0.25, -0.2) is 0 Å². The molecule has 36 heavy (non-hydrogen) atoms. The monoisotopic (exact) mass is 506 g/mol. The third kappa shape index (κ3) is 5.38. The van der Waals surface area contributed by atoms with Gasteiger partial charge in [0.2, 0.25) is 0 Å². The third-order valence-electron chi connectivity index (χ3n) is 6.35. The molecule has 3 heteroatoms. The van der Waals surface area contributed by atoms with Crippen LogP contribution in [0.4, 0.5) is 0 Å². The number of ketones is 1. The van der Waals surface area contributed by atoms with E-state index in [2.05, 4.69) is 99.6 Å². The lowest BCUT2D eigenvalue weighted by molar-refractivity contribution is 0.103. The molecule has 0 aliphatic heterocycles. The van der Waals surface area contributed by atoms with Crippen molar-refractivity contribution in [3.8, 4) is 32.7 Å². The number of carbonyl (C=O) groups excluding carboxylic acids is 1. The highest BCUT2D eigenvalue weighted by Gasteiger charge is 2.17. The summed E-state index contributed by atoms with van der Waals surface area (Å²) in [5, 5.41) is 1.97. The summed E-state index contributed by atoms with van der Waals surface area (Å²) >= 11 is 1.62. The minimum Gasteiger partial charge on any atom is -0.289 e. The van der Waals surface area contributed by atoms with E-state index in [4.69, 9.17) is 0 Å². The quantitative estimate of drug-likeness (QED) is 0.217. The molecule has 0 bridgehead atoms. The molecule has 0 amide bonds. The summed E-state index contributed by atoms with van der Waals surface area (Å²) in [7, 11) is 0. The van der Waals surface area contributed by atoms with Crippen molar-refractivity contribution in [1.29, 1.82) is 0 Å². The van der Waals surface area contributed by atoms with E-state index < -0.39 is 0 Å². The van der Waals surface area contributed by atoms with Crippen LogP contribution in [0.25, 0.3) is 32.7 Å². The first-order valence-electron chi connectivity index (χ1n) is 11.9. The maximum absolute atomic E-state index is 13.2. The molecule has 0 unspecified atom stereocenters. The minimum absolute atomic E-state index is 0. The van der Waals surface area contributed by atoms with Gasteiger partial charge in [-0.2, -0.15) is 13.5 Å². The Morgan fingerprint density at radius 3 is 1.78 bits per heavy atom.